The first-order valence-electron chi connectivity index (χ1n) is 11.8. The molecule has 1 atom stereocenters. The molecule has 174 valence electrons. The van der Waals surface area contributed by atoms with E-state index in [1.165, 1.54) is 17.7 Å². The van der Waals surface area contributed by atoms with Gasteiger partial charge in [0, 0.05) is 25.4 Å². The summed E-state index contributed by atoms with van der Waals surface area (Å²) in [5.41, 5.74) is 4.18. The van der Waals surface area contributed by atoms with Gasteiger partial charge in [0.15, 0.2) is 0 Å². The molecular formula is C28H28FN3O2. The van der Waals surface area contributed by atoms with E-state index in [0.717, 1.165) is 34.6 Å². The summed E-state index contributed by atoms with van der Waals surface area (Å²) in [6.07, 6.45) is 1.42. The van der Waals surface area contributed by atoms with Crippen molar-refractivity contribution in [3.63, 3.8) is 0 Å². The van der Waals surface area contributed by atoms with E-state index in [-0.39, 0.29) is 17.6 Å². The lowest BCUT2D eigenvalue weighted by Crippen LogP contribution is -2.24. The Morgan fingerprint density at radius 1 is 1.00 bits per heavy atom. The summed E-state index contributed by atoms with van der Waals surface area (Å²) >= 11 is 0. The lowest BCUT2D eigenvalue weighted by molar-refractivity contribution is -0.128. The van der Waals surface area contributed by atoms with Crippen LogP contribution in [0, 0.1) is 5.82 Å². The summed E-state index contributed by atoms with van der Waals surface area (Å²) < 4.78 is 21.5. The smallest absolute Gasteiger partial charge is 0.223 e. The topological polar surface area (TPSA) is 47.4 Å². The van der Waals surface area contributed by atoms with Gasteiger partial charge < -0.3 is 14.2 Å². The van der Waals surface area contributed by atoms with Crippen LogP contribution in [0.5, 0.6) is 5.75 Å². The highest BCUT2D eigenvalue weighted by Crippen LogP contribution is 2.31. The third-order valence-electron chi connectivity index (χ3n) is 6.47. The Hall–Kier alpha value is -3.67. The van der Waals surface area contributed by atoms with Crippen LogP contribution in [0.25, 0.3) is 11.0 Å². The van der Waals surface area contributed by atoms with Gasteiger partial charge in [-0.15, -0.1) is 0 Å². The van der Waals surface area contributed by atoms with Gasteiger partial charge in [-0.2, -0.15) is 0 Å². The molecule has 0 aliphatic carbocycles. The second-order valence-corrected chi connectivity index (χ2v) is 8.76. The minimum atomic E-state index is -0.272. The van der Waals surface area contributed by atoms with Crippen LogP contribution in [-0.2, 0) is 24.3 Å². The van der Waals surface area contributed by atoms with Crippen molar-refractivity contribution >= 4 is 16.9 Å². The van der Waals surface area contributed by atoms with Crippen molar-refractivity contribution in [1.82, 2.24) is 14.5 Å². The van der Waals surface area contributed by atoms with Crippen molar-refractivity contribution in [3.05, 3.63) is 95.6 Å². The third kappa shape index (κ3) is 4.67. The van der Waals surface area contributed by atoms with Gasteiger partial charge in [0.05, 0.1) is 17.6 Å². The van der Waals surface area contributed by atoms with Crippen molar-refractivity contribution in [2.75, 3.05) is 13.2 Å². The van der Waals surface area contributed by atoms with Crippen molar-refractivity contribution in [3.8, 4) is 5.75 Å². The molecule has 5 nitrogen and oxygen atoms in total. The number of fused-ring (bicyclic) bond motifs is 1. The largest absolute Gasteiger partial charge is 0.492 e. The van der Waals surface area contributed by atoms with Gasteiger partial charge in [-0.3, -0.25) is 4.79 Å². The molecule has 3 aromatic carbocycles. The van der Waals surface area contributed by atoms with Gasteiger partial charge >= 0.3 is 0 Å². The van der Waals surface area contributed by atoms with E-state index in [1.807, 2.05) is 35.2 Å². The number of aromatic nitrogens is 2. The number of carbonyl (C=O) groups is 1. The first-order chi connectivity index (χ1) is 16.6. The lowest BCUT2D eigenvalue weighted by Gasteiger charge is -2.17. The molecule has 1 fully saturated rings. The zero-order valence-corrected chi connectivity index (χ0v) is 19.3. The number of benzene rings is 3. The summed E-state index contributed by atoms with van der Waals surface area (Å²) in [7, 11) is 0. The monoisotopic (exact) mass is 457 g/mol. The predicted octanol–water partition coefficient (Wildman–Crippen LogP) is 5.33. The van der Waals surface area contributed by atoms with Gasteiger partial charge in [-0.1, -0.05) is 43.3 Å². The maximum Gasteiger partial charge on any atom is 0.223 e. The van der Waals surface area contributed by atoms with Crippen molar-refractivity contribution in [2.45, 2.75) is 38.8 Å². The maximum absolute atomic E-state index is 13.2. The highest BCUT2D eigenvalue weighted by Gasteiger charge is 2.34. The number of aryl methyl sites for hydroxylation is 1. The minimum Gasteiger partial charge on any atom is -0.492 e. The number of carbonyl (C=O) groups excluding carboxylic acids is 1. The van der Waals surface area contributed by atoms with Crippen LogP contribution in [-0.4, -0.2) is 33.5 Å². The zero-order valence-electron chi connectivity index (χ0n) is 19.3. The number of ether oxygens (including phenoxy) is 1. The van der Waals surface area contributed by atoms with E-state index in [1.54, 1.807) is 12.1 Å². The fourth-order valence-corrected chi connectivity index (χ4v) is 4.63. The molecule has 1 amide bonds. The van der Waals surface area contributed by atoms with Crippen LogP contribution in [0.4, 0.5) is 4.39 Å². The van der Waals surface area contributed by atoms with Gasteiger partial charge in [0.25, 0.3) is 0 Å². The lowest BCUT2D eigenvalue weighted by atomic mass is 10.1. The second-order valence-electron chi connectivity index (χ2n) is 8.76. The molecule has 0 unspecified atom stereocenters. The molecule has 0 N–H and O–H groups in total. The van der Waals surface area contributed by atoms with Crippen LogP contribution in [0.1, 0.15) is 36.2 Å². The third-order valence-corrected chi connectivity index (χ3v) is 6.47. The quantitative estimate of drug-likeness (QED) is 0.359. The van der Waals surface area contributed by atoms with Crippen molar-refractivity contribution in [1.29, 1.82) is 0 Å². The molecular weight excluding hydrogens is 429 g/mol. The molecule has 5 rings (SSSR count). The molecule has 4 aromatic rings. The Morgan fingerprint density at radius 2 is 1.74 bits per heavy atom. The molecule has 0 spiro atoms. The number of likely N-dealkylation sites (tertiary alicyclic amines) is 1. The maximum atomic E-state index is 13.2. The number of hydrogen-bond acceptors (Lipinski definition) is 3. The molecule has 1 aliphatic rings. The zero-order chi connectivity index (χ0) is 23.5. The summed E-state index contributed by atoms with van der Waals surface area (Å²) in [5, 5.41) is 0. The Kier molecular flexibility index (Phi) is 6.30. The normalized spacial score (nSPS) is 15.9. The summed E-state index contributed by atoms with van der Waals surface area (Å²) in [5.74, 6) is 1.60. The molecule has 34 heavy (non-hydrogen) atoms. The first kappa shape index (κ1) is 22.1. The van der Waals surface area contributed by atoms with Gasteiger partial charge in [0.2, 0.25) is 5.91 Å². The highest BCUT2D eigenvalue weighted by molar-refractivity contribution is 5.81. The predicted molar refractivity (Wildman–Crippen MR) is 130 cm³/mol. The fourth-order valence-electron chi connectivity index (χ4n) is 4.63. The van der Waals surface area contributed by atoms with E-state index in [0.29, 0.717) is 32.7 Å². The van der Waals surface area contributed by atoms with E-state index in [2.05, 4.69) is 29.7 Å². The molecule has 2 heterocycles. The number of para-hydroxylation sites is 2. The Morgan fingerprint density at radius 3 is 2.50 bits per heavy atom. The number of hydrogen-bond donors (Lipinski definition) is 0. The van der Waals surface area contributed by atoms with Gasteiger partial charge in [-0.05, 0) is 53.9 Å². The molecule has 1 saturated heterocycles. The van der Waals surface area contributed by atoms with Crippen LogP contribution < -0.4 is 4.74 Å². The number of nitrogens with zero attached hydrogens (tertiary/aromatic N) is 3. The van der Waals surface area contributed by atoms with E-state index in [4.69, 9.17) is 9.72 Å². The van der Waals surface area contributed by atoms with Crippen LogP contribution in [0.3, 0.4) is 0 Å². The van der Waals surface area contributed by atoms with Gasteiger partial charge in [0.1, 0.15) is 24.0 Å². The van der Waals surface area contributed by atoms with Crippen LogP contribution >= 0.6 is 0 Å². The van der Waals surface area contributed by atoms with E-state index in [9.17, 15) is 9.18 Å². The Balaban J connectivity index is 1.33. The molecule has 0 bridgehead atoms. The minimum absolute atomic E-state index is 0.00388. The molecule has 1 aromatic heterocycles. The fraction of sp³-hybridized carbons (Fsp3) is 0.286. The number of amides is 1. The number of rotatable bonds is 8. The van der Waals surface area contributed by atoms with Crippen molar-refractivity contribution < 1.29 is 13.9 Å². The van der Waals surface area contributed by atoms with Crippen molar-refractivity contribution in [2.24, 2.45) is 0 Å². The second kappa shape index (κ2) is 9.67. The summed E-state index contributed by atoms with van der Waals surface area (Å²) in [4.78, 5) is 19.5. The van der Waals surface area contributed by atoms with E-state index >= 15 is 0 Å². The molecule has 0 saturated carbocycles. The van der Waals surface area contributed by atoms with E-state index < -0.39 is 0 Å². The van der Waals surface area contributed by atoms with Crippen LogP contribution in [0.2, 0.25) is 0 Å². The standard InChI is InChI=1S/C28H28FN3O2/c1-2-20-9-13-24(14-10-20)34-16-15-32-26-6-4-3-5-25(26)30-28(32)22-17-27(33)31(19-22)18-21-7-11-23(29)12-8-21/h3-14,22H,2,15-19H2,1H3/t22-/m1/s1. The van der Waals surface area contributed by atoms with Gasteiger partial charge in [-0.25, -0.2) is 9.37 Å². The summed E-state index contributed by atoms with van der Waals surface area (Å²) in [6.45, 7) is 4.37. The highest BCUT2D eigenvalue weighted by atomic mass is 19.1. The molecule has 0 radical (unpaired) electrons. The van der Waals surface area contributed by atoms with Crippen LogP contribution in [0.15, 0.2) is 72.8 Å². The SMILES string of the molecule is CCc1ccc(OCCn2c([C@@H]3CC(=O)N(Cc4ccc(F)cc4)C3)nc3ccccc32)cc1. The molecule has 1 aliphatic heterocycles. The molecule has 6 heteroatoms. The Bertz CT molecular complexity index is 1280. The Labute approximate surface area is 198 Å². The number of halogens is 1. The summed E-state index contributed by atoms with van der Waals surface area (Å²) in [6, 6.07) is 22.6. The average molecular weight is 458 g/mol. The average Bonchev–Trinajstić information content (AvgIpc) is 3.41. The first-order valence-corrected chi connectivity index (χ1v) is 11.8. The number of imidazole rings is 1.